The molecule has 0 aliphatic carbocycles. The number of benzene rings is 4. The van der Waals surface area contributed by atoms with E-state index in [0.717, 1.165) is 62.2 Å². The molecule has 18 heteroatoms. The Balaban J connectivity index is 0.000000382. The number of esters is 2. The first-order chi connectivity index (χ1) is 33.9. The van der Waals surface area contributed by atoms with Gasteiger partial charge in [0.05, 0.1) is 62.2 Å². The number of alkyl carbamates (subject to hydrolysis) is 1. The van der Waals surface area contributed by atoms with Gasteiger partial charge in [-0.3, -0.25) is 19.2 Å². The van der Waals surface area contributed by atoms with E-state index in [1.165, 1.54) is 14.2 Å². The number of aromatic nitrogens is 4. The molecule has 4 aromatic carbocycles. The number of alkyl halides is 1. The summed E-state index contributed by atoms with van der Waals surface area (Å²) >= 11 is 5.70. The Hall–Kier alpha value is -7.01. The molecule has 2 aromatic heterocycles. The summed E-state index contributed by atoms with van der Waals surface area (Å²) in [6.07, 6.45) is -0.343. The summed E-state index contributed by atoms with van der Waals surface area (Å²) in [5, 5.41) is 11.8. The zero-order valence-electron chi connectivity index (χ0n) is 43.1. The Morgan fingerprint density at radius 2 is 1.01 bits per heavy atom. The lowest BCUT2D eigenvalue weighted by atomic mass is 9.90. The number of halogens is 2. The summed E-state index contributed by atoms with van der Waals surface area (Å²) in [5.41, 5.74) is 7.95. The molecular formula is C55H68Cl2N6O10. The van der Waals surface area contributed by atoms with E-state index < -0.39 is 23.6 Å². The molecule has 1 amide bonds. The fraction of sp³-hybridized carbons (Fsp3) is 0.364. The number of Topliss-reactive ketones (excluding diaryl/α,β-unsaturated/α-hetero) is 2. The smallest absolute Gasteiger partial charge is 0.408 e. The Morgan fingerprint density at radius 3 is 1.40 bits per heavy atom. The highest BCUT2D eigenvalue weighted by molar-refractivity contribution is 6.27. The molecule has 16 nitrogen and oxygen atoms in total. The van der Waals surface area contributed by atoms with Gasteiger partial charge in [0.2, 0.25) is 0 Å². The molecule has 6 aromatic rings. The van der Waals surface area contributed by atoms with Crippen LogP contribution in [0.4, 0.5) is 4.79 Å². The zero-order chi connectivity index (χ0) is 51.7. The minimum absolute atomic E-state index is 0. The van der Waals surface area contributed by atoms with Crippen LogP contribution in [-0.4, -0.2) is 81.4 Å². The Bertz CT molecular complexity index is 2740. The van der Waals surface area contributed by atoms with Crippen LogP contribution in [0.1, 0.15) is 103 Å². The summed E-state index contributed by atoms with van der Waals surface area (Å²) in [6, 6.07) is 35.1. The maximum Gasteiger partial charge on any atom is 0.408 e. The lowest BCUT2D eigenvalue weighted by molar-refractivity contribution is -0.142. The molecule has 2 atom stereocenters. The molecule has 2 heterocycles. The number of nitrogens with one attached hydrogen (secondary N) is 1. The number of carbonyl (C=O) groups excluding carboxylic acids is 5. The molecule has 0 saturated heterocycles. The minimum Gasteiger partial charge on any atom is -0.485 e. The predicted octanol–water partition coefficient (Wildman–Crippen LogP) is 10.7. The summed E-state index contributed by atoms with van der Waals surface area (Å²) < 4.78 is 30.7. The van der Waals surface area contributed by atoms with Crippen LogP contribution >= 0.6 is 24.0 Å². The third-order valence-corrected chi connectivity index (χ3v) is 11.6. The average Bonchev–Trinajstić information content (AvgIpc) is 3.82. The average molecular weight is 1040 g/mol. The van der Waals surface area contributed by atoms with Crippen LogP contribution in [0.3, 0.4) is 0 Å². The number of amides is 1. The van der Waals surface area contributed by atoms with Crippen LogP contribution in [0.15, 0.2) is 109 Å². The number of carbonyl (C=O) groups is 5. The standard InChI is InChI=1S/C30H37N3O6.C25H27ClN2O4.ClH.H3N/c1-20-28(38-19-22-11-8-7-9-12-22)21(2)33(32-20)25-14-10-13-23(15-25)24(17-27(35)37-6)16-26(34)18-31-29(36)39-30(3,4)5;1-17-25(32-16-19-8-5-4-6-9-19)18(2)28(27-17)22-11-7-10-20(12-22)21(13-23(29)15-26)14-24(30)31-3;;/h7-15,24H,16-19H2,1-6H3,(H,31,36);4-12,21H,13-16H2,1-3H3;1H;1H3/t24-;21-;;/m00../s1. The van der Waals surface area contributed by atoms with Gasteiger partial charge >= 0.3 is 18.0 Å². The van der Waals surface area contributed by atoms with Gasteiger partial charge < -0.3 is 35.2 Å². The lowest BCUT2D eigenvalue weighted by Gasteiger charge is -2.20. The Morgan fingerprint density at radius 1 is 0.603 bits per heavy atom. The van der Waals surface area contributed by atoms with Gasteiger partial charge in [-0.25, -0.2) is 14.2 Å². The normalized spacial score (nSPS) is 11.5. The molecule has 0 bridgehead atoms. The van der Waals surface area contributed by atoms with E-state index in [9.17, 15) is 24.0 Å². The van der Waals surface area contributed by atoms with E-state index in [2.05, 4.69) is 15.5 Å². The summed E-state index contributed by atoms with van der Waals surface area (Å²) in [4.78, 5) is 60.8. The van der Waals surface area contributed by atoms with Crippen molar-refractivity contribution in [3.63, 3.8) is 0 Å². The quantitative estimate of drug-likeness (QED) is 0.0390. The van der Waals surface area contributed by atoms with Crippen molar-refractivity contribution in [3.8, 4) is 22.9 Å². The van der Waals surface area contributed by atoms with Gasteiger partial charge in [-0.15, -0.1) is 24.0 Å². The second kappa shape index (κ2) is 28.9. The third kappa shape index (κ3) is 18.2. The van der Waals surface area contributed by atoms with E-state index in [1.807, 2.05) is 142 Å². The van der Waals surface area contributed by atoms with Crippen molar-refractivity contribution in [1.29, 1.82) is 0 Å². The van der Waals surface area contributed by atoms with Gasteiger partial charge in [-0.05, 0) is 95.0 Å². The summed E-state index contributed by atoms with van der Waals surface area (Å²) in [7, 11) is 2.65. The molecular weight excluding hydrogens is 976 g/mol. The largest absolute Gasteiger partial charge is 0.485 e. The van der Waals surface area contributed by atoms with E-state index in [4.69, 9.17) is 35.3 Å². The number of rotatable bonds is 21. The first-order valence-electron chi connectivity index (χ1n) is 23.3. The number of hydrogen-bond donors (Lipinski definition) is 2. The fourth-order valence-electron chi connectivity index (χ4n) is 7.80. The highest BCUT2D eigenvalue weighted by atomic mass is 35.5. The second-order valence-corrected chi connectivity index (χ2v) is 18.3. The van der Waals surface area contributed by atoms with Crippen LogP contribution in [0.2, 0.25) is 0 Å². The van der Waals surface area contributed by atoms with Crippen LogP contribution in [-0.2, 0) is 46.6 Å². The second-order valence-electron chi connectivity index (χ2n) is 18.0. The molecule has 4 N–H and O–H groups in total. The minimum atomic E-state index is -0.670. The van der Waals surface area contributed by atoms with E-state index in [-0.39, 0.29) is 80.1 Å². The summed E-state index contributed by atoms with van der Waals surface area (Å²) in [6.45, 7) is 13.6. The van der Waals surface area contributed by atoms with Gasteiger partial charge in [-0.2, -0.15) is 10.2 Å². The molecule has 0 unspecified atom stereocenters. The topological polar surface area (TPSA) is 214 Å². The third-order valence-electron chi connectivity index (χ3n) is 11.3. The first kappa shape index (κ1) is 60.3. The molecule has 392 valence electrons. The van der Waals surface area contributed by atoms with Crippen molar-refractivity contribution >= 4 is 53.6 Å². The SMILES string of the molecule is COC(=O)C[C@H](CC(=O)CCl)c1cccc(-n2nc(C)c(OCc3ccccc3)c2C)c1.COC(=O)C[C@H](CC(=O)CNC(=O)OC(C)(C)C)c1cccc(-n2nc(C)c(OCc3ccccc3)c2C)c1.Cl.N. The molecule has 6 rings (SSSR count). The predicted molar refractivity (Wildman–Crippen MR) is 283 cm³/mol. The molecule has 0 aliphatic rings. The Labute approximate surface area is 439 Å². The van der Waals surface area contributed by atoms with Crippen LogP contribution in [0, 0.1) is 27.7 Å². The van der Waals surface area contributed by atoms with Crippen molar-refractivity contribution in [1.82, 2.24) is 31.0 Å². The van der Waals surface area contributed by atoms with E-state index >= 15 is 0 Å². The number of ketones is 2. The number of ether oxygens (including phenoxy) is 5. The number of nitrogens with zero attached hydrogens (tertiary/aromatic N) is 4. The zero-order valence-corrected chi connectivity index (χ0v) is 44.6. The highest BCUT2D eigenvalue weighted by Crippen LogP contribution is 2.32. The van der Waals surface area contributed by atoms with Crippen molar-refractivity contribution in [2.75, 3.05) is 26.6 Å². The molecule has 0 radical (unpaired) electrons. The molecule has 73 heavy (non-hydrogen) atoms. The van der Waals surface area contributed by atoms with Crippen LogP contribution in [0.25, 0.3) is 11.4 Å². The number of aryl methyl sites for hydroxylation is 2. The number of methoxy groups -OCH3 is 2. The molecule has 0 aliphatic heterocycles. The Kier molecular flexibility index (Phi) is 23.9. The lowest BCUT2D eigenvalue weighted by Crippen LogP contribution is -2.35. The first-order valence-corrected chi connectivity index (χ1v) is 23.8. The monoisotopic (exact) mass is 1040 g/mol. The van der Waals surface area contributed by atoms with Gasteiger partial charge in [-0.1, -0.05) is 84.9 Å². The van der Waals surface area contributed by atoms with Gasteiger partial charge in [0, 0.05) is 24.7 Å². The maximum absolute atomic E-state index is 12.8. The fourth-order valence-corrected chi connectivity index (χ4v) is 7.91. The van der Waals surface area contributed by atoms with Crippen molar-refractivity contribution in [2.45, 2.75) is 105 Å². The summed E-state index contributed by atoms with van der Waals surface area (Å²) in [5.74, 6) is -0.559. The van der Waals surface area contributed by atoms with Gasteiger partial charge in [0.15, 0.2) is 17.3 Å². The molecule has 0 spiro atoms. The van der Waals surface area contributed by atoms with Gasteiger partial charge in [0.1, 0.15) is 36.0 Å². The highest BCUT2D eigenvalue weighted by Gasteiger charge is 2.25. The van der Waals surface area contributed by atoms with Crippen molar-refractivity contribution in [3.05, 3.63) is 154 Å². The van der Waals surface area contributed by atoms with Crippen LogP contribution < -0.4 is 20.9 Å². The molecule has 0 fully saturated rings. The molecule has 0 saturated carbocycles. The maximum atomic E-state index is 12.8. The van der Waals surface area contributed by atoms with Crippen molar-refractivity contribution in [2.24, 2.45) is 0 Å². The van der Waals surface area contributed by atoms with Gasteiger partial charge in [0.25, 0.3) is 0 Å². The van der Waals surface area contributed by atoms with Crippen LogP contribution in [0.5, 0.6) is 11.5 Å². The number of hydrogen-bond acceptors (Lipinski definition) is 13. The van der Waals surface area contributed by atoms with E-state index in [1.54, 1.807) is 25.5 Å². The van der Waals surface area contributed by atoms with Crippen molar-refractivity contribution < 1.29 is 47.7 Å². The van der Waals surface area contributed by atoms with E-state index in [0.29, 0.717) is 19.0 Å².